The number of rotatable bonds is 6. The van der Waals surface area contributed by atoms with E-state index in [-0.39, 0.29) is 5.92 Å². The summed E-state index contributed by atoms with van der Waals surface area (Å²) in [6.45, 7) is 4.77. The standard InChI is InChI=1S/C20H39N3O10/c1-5-4-8(22)17(32-19-9(23)11(26)12(27)16(31-19)7(3)24)18(10(5)25)33-20-14(29)13(28)15(30-20)6(2)21/h5-20,24-29H,4,21-23H2,1-3H3/t5-,6-,7-,8?,9?,10?,11-,12+,13-,14?,15-,16?,17-,18-,19-,20+/m1/s1. The number of hydrogen-bond acceptors (Lipinski definition) is 13. The van der Waals surface area contributed by atoms with Crippen molar-refractivity contribution in [1.29, 1.82) is 0 Å². The minimum atomic E-state index is -1.45. The molecule has 0 spiro atoms. The molecule has 0 radical (unpaired) electrons. The van der Waals surface area contributed by atoms with Gasteiger partial charge in [-0.25, -0.2) is 0 Å². The van der Waals surface area contributed by atoms with Gasteiger partial charge in [0.25, 0.3) is 0 Å². The highest BCUT2D eigenvalue weighted by atomic mass is 16.7. The number of hydrogen-bond donors (Lipinski definition) is 9. The van der Waals surface area contributed by atoms with Crippen LogP contribution < -0.4 is 17.2 Å². The van der Waals surface area contributed by atoms with E-state index in [1.54, 1.807) is 13.8 Å². The molecule has 16 atom stereocenters. The van der Waals surface area contributed by atoms with Gasteiger partial charge in [-0.15, -0.1) is 0 Å². The molecule has 194 valence electrons. The molecule has 13 heteroatoms. The van der Waals surface area contributed by atoms with Crippen molar-refractivity contribution < 1.29 is 49.6 Å². The van der Waals surface area contributed by atoms with Crippen LogP contribution in [0, 0.1) is 5.92 Å². The second-order valence-electron chi connectivity index (χ2n) is 9.65. The van der Waals surface area contributed by atoms with Crippen molar-refractivity contribution in [3.8, 4) is 0 Å². The molecule has 5 unspecified atom stereocenters. The molecule has 3 rings (SSSR count). The van der Waals surface area contributed by atoms with Crippen LogP contribution in [0.3, 0.4) is 0 Å². The molecule has 12 N–H and O–H groups in total. The maximum absolute atomic E-state index is 10.9. The fourth-order valence-corrected chi connectivity index (χ4v) is 4.76. The number of ether oxygens (including phenoxy) is 4. The van der Waals surface area contributed by atoms with E-state index in [2.05, 4.69) is 0 Å². The molecule has 13 nitrogen and oxygen atoms in total. The maximum Gasteiger partial charge on any atom is 0.187 e. The van der Waals surface area contributed by atoms with Crippen LogP contribution in [-0.2, 0) is 18.9 Å². The van der Waals surface area contributed by atoms with Gasteiger partial charge in [-0.2, -0.15) is 0 Å². The predicted molar refractivity (Wildman–Crippen MR) is 112 cm³/mol. The number of aliphatic hydroxyl groups excluding tert-OH is 6. The van der Waals surface area contributed by atoms with E-state index in [9.17, 15) is 30.6 Å². The van der Waals surface area contributed by atoms with E-state index < -0.39 is 91.7 Å². The quantitative estimate of drug-likeness (QED) is 0.174. The van der Waals surface area contributed by atoms with Crippen LogP contribution >= 0.6 is 0 Å². The Bertz CT molecular complexity index is 645. The van der Waals surface area contributed by atoms with Crippen molar-refractivity contribution in [1.82, 2.24) is 0 Å². The molecule has 0 aromatic carbocycles. The normalized spacial score (nSPS) is 53.1. The van der Waals surface area contributed by atoms with Gasteiger partial charge in [0, 0.05) is 12.1 Å². The lowest BCUT2D eigenvalue weighted by Crippen LogP contribution is -2.67. The van der Waals surface area contributed by atoms with Gasteiger partial charge in [-0.1, -0.05) is 6.92 Å². The largest absolute Gasteiger partial charge is 0.391 e. The first-order valence-corrected chi connectivity index (χ1v) is 11.3. The molecule has 0 bridgehead atoms. The van der Waals surface area contributed by atoms with E-state index in [0.717, 1.165) is 0 Å². The highest BCUT2D eigenvalue weighted by Gasteiger charge is 2.52. The molecule has 0 aromatic heterocycles. The third-order valence-electron chi connectivity index (χ3n) is 6.83. The summed E-state index contributed by atoms with van der Waals surface area (Å²) in [5.41, 5.74) is 18.1. The van der Waals surface area contributed by atoms with Gasteiger partial charge >= 0.3 is 0 Å². The summed E-state index contributed by atoms with van der Waals surface area (Å²) in [6, 6.07) is -2.44. The topological polar surface area (TPSA) is 236 Å². The maximum atomic E-state index is 10.9. The minimum absolute atomic E-state index is 0.295. The Kier molecular flexibility index (Phi) is 8.71. The summed E-state index contributed by atoms with van der Waals surface area (Å²) in [7, 11) is 0. The van der Waals surface area contributed by atoms with E-state index >= 15 is 0 Å². The molecule has 1 saturated carbocycles. The van der Waals surface area contributed by atoms with E-state index in [0.29, 0.717) is 6.42 Å². The average Bonchev–Trinajstić information content (AvgIpc) is 3.02. The van der Waals surface area contributed by atoms with Crippen molar-refractivity contribution >= 4 is 0 Å². The van der Waals surface area contributed by atoms with Crippen LogP contribution in [0.1, 0.15) is 27.2 Å². The average molecular weight is 482 g/mol. The summed E-state index contributed by atoms with van der Waals surface area (Å²) in [5, 5.41) is 61.9. The lowest BCUT2D eigenvalue weighted by molar-refractivity contribution is -0.317. The van der Waals surface area contributed by atoms with Crippen molar-refractivity contribution in [3.05, 3.63) is 0 Å². The lowest BCUT2D eigenvalue weighted by Gasteiger charge is -2.47. The monoisotopic (exact) mass is 481 g/mol. The van der Waals surface area contributed by atoms with Gasteiger partial charge in [0.05, 0.1) is 18.2 Å². The second-order valence-corrected chi connectivity index (χ2v) is 9.65. The molecular formula is C20H39N3O10. The van der Waals surface area contributed by atoms with Gasteiger partial charge in [-0.05, 0) is 26.2 Å². The van der Waals surface area contributed by atoms with Crippen molar-refractivity contribution in [3.63, 3.8) is 0 Å². The Morgan fingerprint density at radius 3 is 1.88 bits per heavy atom. The van der Waals surface area contributed by atoms with Crippen LogP contribution in [-0.4, -0.2) is 122 Å². The number of nitrogens with two attached hydrogens (primary N) is 3. The fraction of sp³-hybridized carbons (Fsp3) is 1.00. The molecule has 1 aliphatic carbocycles. The predicted octanol–water partition coefficient (Wildman–Crippen LogP) is -4.57. The molecule has 3 fully saturated rings. The van der Waals surface area contributed by atoms with Crippen molar-refractivity contribution in [2.24, 2.45) is 23.1 Å². The van der Waals surface area contributed by atoms with Gasteiger partial charge < -0.3 is 66.8 Å². The molecule has 2 saturated heterocycles. The van der Waals surface area contributed by atoms with Crippen LogP contribution in [0.5, 0.6) is 0 Å². The zero-order valence-corrected chi connectivity index (χ0v) is 19.0. The third-order valence-corrected chi connectivity index (χ3v) is 6.83. The summed E-state index contributed by atoms with van der Waals surface area (Å²) in [4.78, 5) is 0. The van der Waals surface area contributed by atoms with Gasteiger partial charge in [0.15, 0.2) is 12.6 Å². The van der Waals surface area contributed by atoms with Crippen LogP contribution in [0.25, 0.3) is 0 Å². The highest BCUT2D eigenvalue weighted by Crippen LogP contribution is 2.35. The zero-order chi connectivity index (χ0) is 24.8. The molecule has 33 heavy (non-hydrogen) atoms. The highest BCUT2D eigenvalue weighted by molar-refractivity contribution is 5.00. The first-order chi connectivity index (χ1) is 15.3. The van der Waals surface area contributed by atoms with E-state index in [1.807, 2.05) is 0 Å². The summed E-state index contributed by atoms with van der Waals surface area (Å²) in [6.07, 6.45) is -14.2. The van der Waals surface area contributed by atoms with E-state index in [1.165, 1.54) is 6.92 Å². The van der Waals surface area contributed by atoms with Gasteiger partial charge in [0.1, 0.15) is 48.8 Å². The van der Waals surface area contributed by atoms with E-state index in [4.69, 9.17) is 36.1 Å². The molecule has 2 aliphatic heterocycles. The van der Waals surface area contributed by atoms with Crippen LogP contribution in [0.2, 0.25) is 0 Å². The molecular weight excluding hydrogens is 442 g/mol. The molecule has 0 aromatic rings. The van der Waals surface area contributed by atoms with Gasteiger partial charge in [-0.3, -0.25) is 0 Å². The zero-order valence-electron chi connectivity index (χ0n) is 19.0. The second kappa shape index (κ2) is 10.6. The Morgan fingerprint density at radius 1 is 0.788 bits per heavy atom. The third kappa shape index (κ3) is 5.35. The first kappa shape index (κ1) is 27.1. The van der Waals surface area contributed by atoms with Crippen molar-refractivity contribution in [2.75, 3.05) is 0 Å². The first-order valence-electron chi connectivity index (χ1n) is 11.3. The SMILES string of the molecule is C[C@@H]1CC(N)[C@@H](O[C@H]2OC([C@@H](C)O)[C@@H](O)[C@H](O)C2N)[C@H](O[C@@H]2O[C@H]([C@@H](C)N)[C@H](O)C2O)C1O. The fourth-order valence-electron chi connectivity index (χ4n) is 4.76. The minimum Gasteiger partial charge on any atom is -0.391 e. The molecule has 0 amide bonds. The summed E-state index contributed by atoms with van der Waals surface area (Å²) < 4.78 is 23.1. The molecule has 2 heterocycles. The summed E-state index contributed by atoms with van der Waals surface area (Å²) in [5.74, 6) is -0.295. The summed E-state index contributed by atoms with van der Waals surface area (Å²) >= 11 is 0. The Balaban J connectivity index is 1.80. The van der Waals surface area contributed by atoms with Gasteiger partial charge in [0.2, 0.25) is 0 Å². The number of aliphatic hydroxyl groups is 6. The Hall–Kier alpha value is -0.520. The van der Waals surface area contributed by atoms with Crippen LogP contribution in [0.15, 0.2) is 0 Å². The Labute approximate surface area is 192 Å². The smallest absolute Gasteiger partial charge is 0.187 e. The van der Waals surface area contributed by atoms with Crippen molar-refractivity contribution in [2.45, 2.75) is 119 Å². The molecule has 3 aliphatic rings. The lowest BCUT2D eigenvalue weighted by atomic mass is 9.80. The van der Waals surface area contributed by atoms with Crippen LogP contribution in [0.4, 0.5) is 0 Å². The Morgan fingerprint density at radius 2 is 1.33 bits per heavy atom.